The number of nitriles is 1. The molecule has 0 unspecified atom stereocenters. The number of anilines is 1. The first-order valence-electron chi connectivity index (χ1n) is 9.11. The largest absolute Gasteiger partial charge is 0.492 e. The number of halogens is 1. The van der Waals surface area contributed by atoms with E-state index in [1.165, 1.54) is 6.20 Å². The van der Waals surface area contributed by atoms with Crippen LogP contribution in [0.2, 0.25) is 5.02 Å². The van der Waals surface area contributed by atoms with E-state index in [-0.39, 0.29) is 30.2 Å². The van der Waals surface area contributed by atoms with Crippen LogP contribution in [0.4, 0.5) is 5.95 Å². The van der Waals surface area contributed by atoms with Gasteiger partial charge in [0.1, 0.15) is 24.0 Å². The lowest BCUT2D eigenvalue weighted by molar-refractivity contribution is 0.302. The van der Waals surface area contributed by atoms with Crippen LogP contribution in [0, 0.1) is 11.3 Å². The van der Waals surface area contributed by atoms with Gasteiger partial charge in [0.25, 0.3) is 5.56 Å². The van der Waals surface area contributed by atoms with Gasteiger partial charge in [-0.15, -0.1) is 0 Å². The predicted molar refractivity (Wildman–Crippen MR) is 114 cm³/mol. The minimum atomic E-state index is -0.433. The summed E-state index contributed by atoms with van der Waals surface area (Å²) in [7, 11) is 0. The zero-order valence-corrected chi connectivity index (χ0v) is 16.7. The molecule has 3 aromatic heterocycles. The molecule has 0 saturated heterocycles. The molecule has 0 fully saturated rings. The minimum absolute atomic E-state index is 0.0372. The van der Waals surface area contributed by atoms with Gasteiger partial charge < -0.3 is 20.1 Å². The van der Waals surface area contributed by atoms with Crippen molar-refractivity contribution in [3.8, 4) is 17.7 Å². The summed E-state index contributed by atoms with van der Waals surface area (Å²) in [6.07, 6.45) is 2.87. The Morgan fingerprint density at radius 1 is 1.26 bits per heavy atom. The number of aromatic hydroxyl groups is 1. The van der Waals surface area contributed by atoms with Crippen LogP contribution in [-0.4, -0.2) is 25.0 Å². The molecule has 0 aliphatic heterocycles. The summed E-state index contributed by atoms with van der Waals surface area (Å²) >= 11 is 6.35. The fourth-order valence-electron chi connectivity index (χ4n) is 2.84. The van der Waals surface area contributed by atoms with Gasteiger partial charge >= 0.3 is 0 Å². The van der Waals surface area contributed by atoms with Crippen LogP contribution in [0.5, 0.6) is 11.6 Å². The predicted octanol–water partition coefficient (Wildman–Crippen LogP) is 3.13. The van der Waals surface area contributed by atoms with Crippen molar-refractivity contribution in [1.82, 2.24) is 19.9 Å². The Balaban J connectivity index is 1.53. The molecule has 0 aliphatic rings. The number of hydrogen-bond acceptors (Lipinski definition) is 8. The van der Waals surface area contributed by atoms with Crippen LogP contribution in [0.15, 0.2) is 53.6 Å². The fourth-order valence-corrected chi connectivity index (χ4v) is 3.07. The molecule has 31 heavy (non-hydrogen) atoms. The smallest absolute Gasteiger partial charge is 0.253 e. The van der Waals surface area contributed by atoms with Gasteiger partial charge in [-0.2, -0.15) is 10.2 Å². The molecule has 0 aliphatic carbocycles. The number of hydrogen-bond donors (Lipinski definition) is 3. The van der Waals surface area contributed by atoms with E-state index in [9.17, 15) is 9.90 Å². The first-order chi connectivity index (χ1) is 15.0. The summed E-state index contributed by atoms with van der Waals surface area (Å²) in [5.41, 5.74) is 1.39. The summed E-state index contributed by atoms with van der Waals surface area (Å²) in [6.45, 7) is 0.349. The lowest BCUT2D eigenvalue weighted by Crippen LogP contribution is -2.16. The van der Waals surface area contributed by atoms with E-state index in [0.29, 0.717) is 21.9 Å². The van der Waals surface area contributed by atoms with Crippen molar-refractivity contribution in [2.45, 2.75) is 13.2 Å². The van der Waals surface area contributed by atoms with Crippen LogP contribution in [0.25, 0.3) is 10.9 Å². The average Bonchev–Trinajstić information content (AvgIpc) is 2.77. The highest BCUT2D eigenvalue weighted by molar-refractivity contribution is 6.32. The van der Waals surface area contributed by atoms with Gasteiger partial charge in [0.05, 0.1) is 22.4 Å². The number of benzene rings is 1. The molecule has 0 radical (unpaired) electrons. The number of ether oxygens (including phenoxy) is 1. The highest BCUT2D eigenvalue weighted by atomic mass is 35.5. The first-order valence-corrected chi connectivity index (χ1v) is 9.49. The van der Waals surface area contributed by atoms with Gasteiger partial charge in [-0.05, 0) is 24.3 Å². The Morgan fingerprint density at radius 3 is 2.87 bits per heavy atom. The van der Waals surface area contributed by atoms with Gasteiger partial charge in [0, 0.05) is 29.8 Å². The van der Waals surface area contributed by atoms with Gasteiger partial charge in [0.15, 0.2) is 0 Å². The second-order valence-electron chi connectivity index (χ2n) is 6.50. The third kappa shape index (κ3) is 4.55. The highest BCUT2D eigenvalue weighted by Crippen LogP contribution is 2.29. The Kier molecular flexibility index (Phi) is 5.64. The Hall–Kier alpha value is -4.16. The van der Waals surface area contributed by atoms with E-state index in [1.54, 1.807) is 30.5 Å². The molecular weight excluding hydrogens is 420 g/mol. The zero-order chi connectivity index (χ0) is 21.8. The summed E-state index contributed by atoms with van der Waals surface area (Å²) in [6, 6.07) is 12.4. The van der Waals surface area contributed by atoms with Crippen molar-refractivity contribution in [1.29, 1.82) is 5.26 Å². The molecule has 0 spiro atoms. The second-order valence-corrected chi connectivity index (χ2v) is 6.91. The molecular formula is C21H15ClN6O3. The summed E-state index contributed by atoms with van der Waals surface area (Å²) in [5.74, 6) is 0.0903. The zero-order valence-electron chi connectivity index (χ0n) is 16.0. The maximum atomic E-state index is 12.5. The molecule has 3 heterocycles. The second kappa shape index (κ2) is 8.69. The third-order valence-corrected chi connectivity index (χ3v) is 4.70. The number of pyridine rings is 2. The normalized spacial score (nSPS) is 10.6. The number of H-pyrrole nitrogens is 1. The Labute approximate surface area is 181 Å². The van der Waals surface area contributed by atoms with E-state index in [0.717, 1.165) is 11.1 Å². The van der Waals surface area contributed by atoms with Gasteiger partial charge in [-0.1, -0.05) is 17.7 Å². The highest BCUT2D eigenvalue weighted by Gasteiger charge is 2.10. The van der Waals surface area contributed by atoms with Crippen LogP contribution in [0.3, 0.4) is 0 Å². The van der Waals surface area contributed by atoms with Crippen LogP contribution >= 0.6 is 11.6 Å². The summed E-state index contributed by atoms with van der Waals surface area (Å²) in [4.78, 5) is 27.2. The SMILES string of the molecule is N#Cc1cnc(NCc2cc3cc(Cl)c(OCc4ccccn4)cc3[nH]c2=O)nc1O. The van der Waals surface area contributed by atoms with Crippen molar-refractivity contribution in [2.75, 3.05) is 5.32 Å². The third-order valence-electron chi connectivity index (χ3n) is 4.40. The van der Waals surface area contributed by atoms with Crippen molar-refractivity contribution in [2.24, 2.45) is 0 Å². The summed E-state index contributed by atoms with van der Waals surface area (Å²) in [5, 5.41) is 22.4. The molecule has 154 valence electrons. The van der Waals surface area contributed by atoms with E-state index < -0.39 is 5.88 Å². The lowest BCUT2D eigenvalue weighted by Gasteiger charge is -2.10. The number of nitrogens with zero attached hydrogens (tertiary/aromatic N) is 4. The number of aromatic nitrogens is 4. The van der Waals surface area contributed by atoms with Crippen LogP contribution in [0.1, 0.15) is 16.8 Å². The molecule has 4 rings (SSSR count). The monoisotopic (exact) mass is 434 g/mol. The lowest BCUT2D eigenvalue weighted by atomic mass is 10.1. The summed E-state index contributed by atoms with van der Waals surface area (Å²) < 4.78 is 5.74. The van der Waals surface area contributed by atoms with Crippen molar-refractivity contribution in [3.63, 3.8) is 0 Å². The van der Waals surface area contributed by atoms with Crippen molar-refractivity contribution >= 4 is 28.5 Å². The van der Waals surface area contributed by atoms with E-state index >= 15 is 0 Å². The molecule has 9 nitrogen and oxygen atoms in total. The van der Waals surface area contributed by atoms with Gasteiger partial charge in [-0.3, -0.25) is 9.78 Å². The molecule has 0 atom stereocenters. The Bertz CT molecular complexity index is 1350. The van der Waals surface area contributed by atoms with Crippen molar-refractivity contribution in [3.05, 3.63) is 81.0 Å². The molecule has 0 bridgehead atoms. The fraction of sp³-hybridized carbons (Fsp3) is 0.0952. The number of nitrogens with one attached hydrogen (secondary N) is 2. The van der Waals surface area contributed by atoms with E-state index in [2.05, 4.69) is 25.3 Å². The molecule has 4 aromatic rings. The molecule has 10 heteroatoms. The average molecular weight is 435 g/mol. The standard InChI is InChI=1S/C21H15ClN6O3/c22-16-6-12-5-13(9-25-21-26-10-14(8-23)20(30)28-21)19(29)27-17(12)7-18(16)31-11-15-3-1-2-4-24-15/h1-7,10H,9,11H2,(H,27,29)(H2,25,26,28,30). The molecule has 0 amide bonds. The first kappa shape index (κ1) is 20.1. The maximum Gasteiger partial charge on any atom is 0.253 e. The maximum absolute atomic E-state index is 12.5. The molecule has 1 aromatic carbocycles. The van der Waals surface area contributed by atoms with Crippen molar-refractivity contribution < 1.29 is 9.84 Å². The number of fused-ring (bicyclic) bond motifs is 1. The minimum Gasteiger partial charge on any atom is -0.492 e. The van der Waals surface area contributed by atoms with Crippen LogP contribution in [-0.2, 0) is 13.2 Å². The number of aromatic amines is 1. The van der Waals surface area contributed by atoms with Crippen LogP contribution < -0.4 is 15.6 Å². The van der Waals surface area contributed by atoms with E-state index in [1.807, 2.05) is 18.2 Å². The molecule has 3 N–H and O–H groups in total. The number of rotatable bonds is 6. The Morgan fingerprint density at radius 2 is 2.13 bits per heavy atom. The van der Waals surface area contributed by atoms with Gasteiger partial charge in [-0.25, -0.2) is 4.98 Å². The van der Waals surface area contributed by atoms with Gasteiger partial charge in [0.2, 0.25) is 11.8 Å². The quantitative estimate of drug-likeness (QED) is 0.421. The topological polar surface area (TPSA) is 137 Å². The molecule has 0 saturated carbocycles. The van der Waals surface area contributed by atoms with E-state index in [4.69, 9.17) is 21.6 Å².